The van der Waals surface area contributed by atoms with Crippen molar-refractivity contribution in [1.29, 1.82) is 0 Å². The maximum absolute atomic E-state index is 14.5. The monoisotopic (exact) mass is 423 g/mol. The third kappa shape index (κ3) is 5.75. The van der Waals surface area contributed by atoms with E-state index in [2.05, 4.69) is 5.32 Å². The SMILES string of the molecule is O=C(NCCSO)c1cccc(COc2ccc(C(F)(F)F)cc2Cl)c1F. The van der Waals surface area contributed by atoms with Gasteiger partial charge in [0.05, 0.1) is 16.1 Å². The van der Waals surface area contributed by atoms with Gasteiger partial charge in [0, 0.05) is 17.9 Å². The number of ether oxygens (including phenoxy) is 1. The van der Waals surface area contributed by atoms with E-state index in [1.54, 1.807) is 0 Å². The minimum absolute atomic E-state index is 0.0372. The molecule has 0 fully saturated rings. The fraction of sp³-hybridized carbons (Fsp3) is 0.235. The summed E-state index contributed by atoms with van der Waals surface area (Å²) in [5, 5.41) is 2.18. The second-order valence-corrected chi connectivity index (χ2v) is 6.37. The van der Waals surface area contributed by atoms with Gasteiger partial charge in [0.15, 0.2) is 0 Å². The predicted molar refractivity (Wildman–Crippen MR) is 94.6 cm³/mol. The normalized spacial score (nSPS) is 11.3. The summed E-state index contributed by atoms with van der Waals surface area (Å²) in [7, 11) is 0. The van der Waals surface area contributed by atoms with E-state index in [1.807, 2.05) is 0 Å². The Labute approximate surface area is 161 Å². The number of hydrogen-bond acceptors (Lipinski definition) is 4. The van der Waals surface area contributed by atoms with Gasteiger partial charge < -0.3 is 14.6 Å². The zero-order valence-corrected chi connectivity index (χ0v) is 15.2. The van der Waals surface area contributed by atoms with Gasteiger partial charge in [-0.1, -0.05) is 23.7 Å². The summed E-state index contributed by atoms with van der Waals surface area (Å²) in [6.07, 6.45) is -4.54. The molecule has 146 valence electrons. The second kappa shape index (κ2) is 9.29. The predicted octanol–water partition coefficient (Wildman–Crippen LogP) is 5.01. The van der Waals surface area contributed by atoms with Gasteiger partial charge >= 0.3 is 6.18 Å². The van der Waals surface area contributed by atoms with Crippen LogP contribution in [0.3, 0.4) is 0 Å². The van der Waals surface area contributed by atoms with E-state index in [0.29, 0.717) is 12.0 Å². The fourth-order valence-corrected chi connectivity index (χ4v) is 2.55. The van der Waals surface area contributed by atoms with E-state index in [4.69, 9.17) is 20.9 Å². The molecule has 0 bridgehead atoms. The molecule has 0 saturated heterocycles. The van der Waals surface area contributed by atoms with Gasteiger partial charge in [-0.2, -0.15) is 13.2 Å². The summed E-state index contributed by atoms with van der Waals surface area (Å²) in [6.45, 7) is -0.175. The quantitative estimate of drug-likeness (QED) is 0.373. The summed E-state index contributed by atoms with van der Waals surface area (Å²) in [6, 6.07) is 6.69. The van der Waals surface area contributed by atoms with Crippen LogP contribution in [0.4, 0.5) is 17.6 Å². The van der Waals surface area contributed by atoms with E-state index >= 15 is 0 Å². The molecular weight excluding hydrogens is 410 g/mol. The van der Waals surface area contributed by atoms with Crippen LogP contribution >= 0.6 is 23.6 Å². The van der Waals surface area contributed by atoms with Crippen LogP contribution in [0.1, 0.15) is 21.5 Å². The number of benzene rings is 2. The van der Waals surface area contributed by atoms with Crippen molar-refractivity contribution in [2.45, 2.75) is 12.8 Å². The van der Waals surface area contributed by atoms with Gasteiger partial charge in [0.2, 0.25) is 0 Å². The number of carbonyl (C=O) groups excluding carboxylic acids is 1. The number of alkyl halides is 3. The topological polar surface area (TPSA) is 58.6 Å². The molecule has 0 aliphatic rings. The molecule has 2 N–H and O–H groups in total. The zero-order chi connectivity index (χ0) is 20.0. The van der Waals surface area contributed by atoms with Crippen molar-refractivity contribution in [2.24, 2.45) is 0 Å². The highest BCUT2D eigenvalue weighted by atomic mass is 35.5. The van der Waals surface area contributed by atoms with Crippen molar-refractivity contribution in [1.82, 2.24) is 5.32 Å². The van der Waals surface area contributed by atoms with E-state index in [-0.39, 0.29) is 40.8 Å². The molecule has 2 rings (SSSR count). The molecule has 0 unspecified atom stereocenters. The Morgan fingerprint density at radius 2 is 2.00 bits per heavy atom. The third-order valence-electron chi connectivity index (χ3n) is 3.44. The maximum atomic E-state index is 14.5. The highest BCUT2D eigenvalue weighted by Crippen LogP contribution is 2.35. The average Bonchev–Trinajstić information content (AvgIpc) is 2.61. The number of rotatable bonds is 7. The average molecular weight is 424 g/mol. The van der Waals surface area contributed by atoms with Gasteiger partial charge in [-0.15, -0.1) is 0 Å². The van der Waals surface area contributed by atoms with Crippen molar-refractivity contribution < 1.29 is 31.6 Å². The van der Waals surface area contributed by atoms with Crippen LogP contribution in [0.15, 0.2) is 36.4 Å². The van der Waals surface area contributed by atoms with E-state index in [0.717, 1.165) is 18.2 Å². The standard InChI is InChI=1S/C17H14ClF4NO3S/c18-13-8-11(17(20,21)22)4-5-14(13)26-9-10-2-1-3-12(15(10)19)16(24)23-6-7-27-25/h1-5,8,25H,6-7,9H2,(H,23,24). The first-order valence-corrected chi connectivity index (χ1v) is 8.87. The first kappa shape index (κ1) is 21.3. The lowest BCUT2D eigenvalue weighted by Gasteiger charge is -2.13. The van der Waals surface area contributed by atoms with Gasteiger partial charge in [0.1, 0.15) is 18.2 Å². The molecule has 0 aliphatic carbocycles. The minimum atomic E-state index is -4.54. The molecule has 2 aromatic rings. The molecule has 0 spiro atoms. The van der Waals surface area contributed by atoms with E-state index in [9.17, 15) is 22.4 Å². The molecule has 0 aromatic heterocycles. The Morgan fingerprint density at radius 3 is 2.63 bits per heavy atom. The molecule has 0 radical (unpaired) electrons. The highest BCUT2D eigenvalue weighted by molar-refractivity contribution is 7.93. The van der Waals surface area contributed by atoms with E-state index < -0.39 is 23.5 Å². The van der Waals surface area contributed by atoms with Gasteiger partial charge in [0.25, 0.3) is 5.91 Å². The van der Waals surface area contributed by atoms with Crippen LogP contribution in [-0.4, -0.2) is 22.8 Å². The number of nitrogens with one attached hydrogen (secondary N) is 1. The first-order valence-electron chi connectivity index (χ1n) is 7.55. The van der Waals surface area contributed by atoms with E-state index in [1.165, 1.54) is 18.2 Å². The van der Waals surface area contributed by atoms with Crippen molar-refractivity contribution in [2.75, 3.05) is 12.3 Å². The van der Waals surface area contributed by atoms with Gasteiger partial charge in [-0.05, 0) is 36.3 Å². The van der Waals surface area contributed by atoms with Crippen molar-refractivity contribution >= 4 is 29.6 Å². The summed E-state index contributed by atoms with van der Waals surface area (Å²) in [5.74, 6) is -1.26. The molecule has 2 aromatic carbocycles. The Morgan fingerprint density at radius 1 is 1.26 bits per heavy atom. The van der Waals surface area contributed by atoms with Crippen LogP contribution in [0.2, 0.25) is 5.02 Å². The second-order valence-electron chi connectivity index (χ2n) is 5.30. The highest BCUT2D eigenvalue weighted by Gasteiger charge is 2.31. The summed E-state index contributed by atoms with van der Waals surface area (Å²) in [5.41, 5.74) is -1.10. The van der Waals surface area contributed by atoms with Crippen LogP contribution < -0.4 is 10.1 Å². The van der Waals surface area contributed by atoms with Crippen LogP contribution in [-0.2, 0) is 12.8 Å². The van der Waals surface area contributed by atoms with Crippen molar-refractivity contribution in [3.8, 4) is 5.75 Å². The maximum Gasteiger partial charge on any atom is 0.416 e. The molecule has 27 heavy (non-hydrogen) atoms. The molecule has 0 saturated carbocycles. The summed E-state index contributed by atoms with van der Waals surface area (Å²) < 4.78 is 66.3. The Balaban J connectivity index is 2.10. The third-order valence-corrected chi connectivity index (χ3v) is 4.13. The Kier molecular flexibility index (Phi) is 7.34. The lowest BCUT2D eigenvalue weighted by Crippen LogP contribution is -2.27. The largest absolute Gasteiger partial charge is 0.487 e. The number of amides is 1. The molecule has 0 heterocycles. The minimum Gasteiger partial charge on any atom is -0.487 e. The Hall–Kier alpha value is -1.97. The first-order chi connectivity index (χ1) is 12.7. The molecule has 0 atom stereocenters. The lowest BCUT2D eigenvalue weighted by molar-refractivity contribution is -0.137. The number of hydrogen-bond donors (Lipinski definition) is 2. The molecule has 10 heteroatoms. The fourth-order valence-electron chi connectivity index (χ4n) is 2.12. The summed E-state index contributed by atoms with van der Waals surface area (Å²) in [4.78, 5) is 11.9. The van der Waals surface area contributed by atoms with Gasteiger partial charge in [-0.25, -0.2) is 4.39 Å². The number of carbonyl (C=O) groups is 1. The summed E-state index contributed by atoms with van der Waals surface area (Å²) >= 11 is 6.33. The van der Waals surface area contributed by atoms with Crippen LogP contribution in [0.5, 0.6) is 5.75 Å². The van der Waals surface area contributed by atoms with Gasteiger partial charge in [-0.3, -0.25) is 4.79 Å². The van der Waals surface area contributed by atoms with Crippen molar-refractivity contribution in [3.63, 3.8) is 0 Å². The van der Waals surface area contributed by atoms with Crippen molar-refractivity contribution in [3.05, 3.63) is 63.9 Å². The molecule has 0 aliphatic heterocycles. The van der Waals surface area contributed by atoms with Crippen LogP contribution in [0, 0.1) is 5.82 Å². The smallest absolute Gasteiger partial charge is 0.416 e. The van der Waals surface area contributed by atoms with Crippen LogP contribution in [0.25, 0.3) is 0 Å². The lowest BCUT2D eigenvalue weighted by atomic mass is 10.1. The number of halogens is 5. The zero-order valence-electron chi connectivity index (χ0n) is 13.6. The molecule has 4 nitrogen and oxygen atoms in total. The Bertz CT molecular complexity index is 817. The molecular formula is C17H14ClF4NO3S. The molecule has 1 amide bonds.